The van der Waals surface area contributed by atoms with E-state index in [2.05, 4.69) is 15.6 Å². The minimum atomic E-state index is -3.53. The summed E-state index contributed by atoms with van der Waals surface area (Å²) < 4.78 is 24.3. The highest BCUT2D eigenvalue weighted by molar-refractivity contribution is 7.90. The number of hydrogen-bond donors (Lipinski definition) is 2. The van der Waals surface area contributed by atoms with Crippen LogP contribution in [0.2, 0.25) is 5.02 Å². The average molecular weight is 555 g/mol. The molecule has 0 spiro atoms. The molecule has 1 fully saturated rings. The van der Waals surface area contributed by atoms with Gasteiger partial charge >= 0.3 is 0 Å². The first-order valence-corrected chi connectivity index (χ1v) is 14.7. The number of nitrogens with one attached hydrogen (secondary N) is 2. The van der Waals surface area contributed by atoms with E-state index >= 15 is 0 Å². The largest absolute Gasteiger partial charge is 0.355 e. The molecule has 2 amide bonds. The molecule has 1 atom stereocenters. The number of amides is 2. The van der Waals surface area contributed by atoms with Gasteiger partial charge in [0.15, 0.2) is 15.7 Å². The van der Waals surface area contributed by atoms with Crippen molar-refractivity contribution in [2.24, 2.45) is 5.92 Å². The number of nitrogens with zero attached hydrogens (tertiary/aromatic N) is 2. The van der Waals surface area contributed by atoms with Crippen molar-refractivity contribution >= 4 is 44.8 Å². The number of anilines is 2. The maximum atomic E-state index is 12.9. The number of halogens is 1. The number of sulfone groups is 1. The monoisotopic (exact) mass is 554 g/mol. The van der Waals surface area contributed by atoms with E-state index in [9.17, 15) is 18.0 Å². The van der Waals surface area contributed by atoms with Gasteiger partial charge in [-0.2, -0.15) is 0 Å². The van der Waals surface area contributed by atoms with Crippen molar-refractivity contribution in [1.82, 2.24) is 10.3 Å². The SMILES string of the molecule is CC(NC(=O)CC1CCN(c2ncc(S(C)(=O)=O)cc2NC(=O)c2cccc(Cl)c2)CC1)c1ccccc1. The fraction of sp³-hybridized carbons (Fsp3) is 0.321. The quantitative estimate of drug-likeness (QED) is 0.411. The maximum absolute atomic E-state index is 12.9. The second-order valence-corrected chi connectivity index (χ2v) is 12.1. The Kier molecular flexibility index (Phi) is 8.69. The predicted octanol–water partition coefficient (Wildman–Crippen LogP) is 4.87. The summed E-state index contributed by atoms with van der Waals surface area (Å²) in [5.41, 5.74) is 1.72. The molecule has 4 rings (SSSR count). The van der Waals surface area contributed by atoms with Gasteiger partial charge in [0.1, 0.15) is 0 Å². The molecule has 1 aliphatic heterocycles. The molecule has 2 heterocycles. The van der Waals surface area contributed by atoms with Crippen molar-refractivity contribution in [3.05, 3.63) is 83.0 Å². The van der Waals surface area contributed by atoms with Crippen LogP contribution in [0.25, 0.3) is 0 Å². The second-order valence-electron chi connectivity index (χ2n) is 9.61. The van der Waals surface area contributed by atoms with Gasteiger partial charge in [0.05, 0.1) is 16.6 Å². The number of piperidine rings is 1. The third-order valence-corrected chi connectivity index (χ3v) is 7.98. The van der Waals surface area contributed by atoms with Gasteiger partial charge in [-0.25, -0.2) is 13.4 Å². The second kappa shape index (κ2) is 12.0. The Balaban J connectivity index is 1.43. The summed E-state index contributed by atoms with van der Waals surface area (Å²) in [5.74, 6) is 0.313. The van der Waals surface area contributed by atoms with Crippen LogP contribution in [0, 0.1) is 5.92 Å². The summed E-state index contributed by atoms with van der Waals surface area (Å²) in [4.78, 5) is 32.0. The van der Waals surface area contributed by atoms with Crippen molar-refractivity contribution in [2.75, 3.05) is 29.6 Å². The van der Waals surface area contributed by atoms with E-state index in [1.54, 1.807) is 24.3 Å². The van der Waals surface area contributed by atoms with Crippen LogP contribution in [0.15, 0.2) is 71.8 Å². The van der Waals surface area contributed by atoms with Gasteiger partial charge in [-0.05, 0) is 55.5 Å². The average Bonchev–Trinajstić information content (AvgIpc) is 2.89. The lowest BCUT2D eigenvalue weighted by molar-refractivity contribution is -0.122. The van der Waals surface area contributed by atoms with E-state index < -0.39 is 15.7 Å². The molecular formula is C28H31ClN4O4S. The fourth-order valence-electron chi connectivity index (χ4n) is 4.55. The highest BCUT2D eigenvalue weighted by Crippen LogP contribution is 2.31. The zero-order chi connectivity index (χ0) is 27.3. The van der Waals surface area contributed by atoms with Gasteiger partial charge < -0.3 is 15.5 Å². The highest BCUT2D eigenvalue weighted by atomic mass is 35.5. The molecule has 0 saturated carbocycles. The molecule has 200 valence electrons. The van der Waals surface area contributed by atoms with E-state index in [0.29, 0.717) is 41.6 Å². The number of pyridine rings is 1. The molecule has 1 aromatic heterocycles. The lowest BCUT2D eigenvalue weighted by atomic mass is 9.93. The molecule has 1 unspecified atom stereocenters. The van der Waals surface area contributed by atoms with Crippen LogP contribution < -0.4 is 15.5 Å². The first kappa shape index (κ1) is 27.6. The summed E-state index contributed by atoms with van der Waals surface area (Å²) in [6.07, 6.45) is 4.38. The molecule has 38 heavy (non-hydrogen) atoms. The number of benzene rings is 2. The van der Waals surface area contributed by atoms with Gasteiger partial charge in [-0.15, -0.1) is 0 Å². The molecule has 0 bridgehead atoms. The van der Waals surface area contributed by atoms with Crippen LogP contribution in [-0.2, 0) is 14.6 Å². The first-order chi connectivity index (χ1) is 18.1. The number of aromatic nitrogens is 1. The normalized spacial score (nSPS) is 15.1. The number of carbonyl (C=O) groups excluding carboxylic acids is 2. The van der Waals surface area contributed by atoms with Crippen LogP contribution in [0.4, 0.5) is 11.5 Å². The minimum Gasteiger partial charge on any atom is -0.355 e. The summed E-state index contributed by atoms with van der Waals surface area (Å²) in [5, 5.41) is 6.31. The van der Waals surface area contributed by atoms with Gasteiger partial charge in [-0.1, -0.05) is 48.0 Å². The van der Waals surface area contributed by atoms with E-state index in [1.807, 2.05) is 42.2 Å². The van der Waals surface area contributed by atoms with Crippen LogP contribution in [0.5, 0.6) is 0 Å². The van der Waals surface area contributed by atoms with Crippen molar-refractivity contribution in [3.63, 3.8) is 0 Å². The number of rotatable bonds is 8. The Morgan fingerprint density at radius 1 is 1.08 bits per heavy atom. The molecule has 0 radical (unpaired) electrons. The Hall–Kier alpha value is -3.43. The molecule has 1 aliphatic rings. The van der Waals surface area contributed by atoms with E-state index in [4.69, 9.17) is 11.6 Å². The van der Waals surface area contributed by atoms with Crippen molar-refractivity contribution < 1.29 is 18.0 Å². The molecule has 0 aliphatic carbocycles. The highest BCUT2D eigenvalue weighted by Gasteiger charge is 2.26. The minimum absolute atomic E-state index is 0.0155. The molecule has 10 heteroatoms. The standard InChI is InChI=1S/C28H31ClN4O4S/c1-19(21-7-4-3-5-8-21)31-26(34)15-20-11-13-33(14-12-20)27-25(17-24(18-30-27)38(2,36)37)32-28(35)22-9-6-10-23(29)16-22/h3-10,16-20H,11-15H2,1-2H3,(H,31,34)(H,32,35). The molecule has 2 aromatic carbocycles. The van der Waals surface area contributed by atoms with Gasteiger partial charge in [0.2, 0.25) is 5.91 Å². The third-order valence-electron chi connectivity index (χ3n) is 6.67. The Labute approximate surface area is 228 Å². The summed E-state index contributed by atoms with van der Waals surface area (Å²) in [6, 6.07) is 17.7. The molecule has 2 N–H and O–H groups in total. The topological polar surface area (TPSA) is 108 Å². The van der Waals surface area contributed by atoms with E-state index in [1.165, 1.54) is 12.3 Å². The molecule has 3 aromatic rings. The zero-order valence-electron chi connectivity index (χ0n) is 21.4. The van der Waals surface area contributed by atoms with Crippen LogP contribution in [-0.4, -0.2) is 44.6 Å². The third kappa shape index (κ3) is 7.11. The summed E-state index contributed by atoms with van der Waals surface area (Å²) in [6.45, 7) is 3.22. The van der Waals surface area contributed by atoms with Crippen LogP contribution in [0.1, 0.15) is 48.1 Å². The Morgan fingerprint density at radius 3 is 2.45 bits per heavy atom. The van der Waals surface area contributed by atoms with Crippen molar-refractivity contribution in [2.45, 2.75) is 37.1 Å². The Bertz CT molecular complexity index is 1410. The van der Waals surface area contributed by atoms with E-state index in [0.717, 1.165) is 24.7 Å². The Morgan fingerprint density at radius 2 is 1.79 bits per heavy atom. The van der Waals surface area contributed by atoms with Crippen LogP contribution in [0.3, 0.4) is 0 Å². The molecular weight excluding hydrogens is 524 g/mol. The fourth-order valence-corrected chi connectivity index (χ4v) is 5.31. The van der Waals surface area contributed by atoms with Crippen molar-refractivity contribution in [1.29, 1.82) is 0 Å². The molecule has 8 nitrogen and oxygen atoms in total. The van der Waals surface area contributed by atoms with Gasteiger partial charge in [-0.3, -0.25) is 9.59 Å². The number of hydrogen-bond acceptors (Lipinski definition) is 6. The first-order valence-electron chi connectivity index (χ1n) is 12.5. The van der Waals surface area contributed by atoms with E-state index in [-0.39, 0.29) is 22.8 Å². The predicted molar refractivity (Wildman–Crippen MR) is 149 cm³/mol. The lowest BCUT2D eigenvalue weighted by Gasteiger charge is -2.34. The maximum Gasteiger partial charge on any atom is 0.255 e. The summed E-state index contributed by atoms with van der Waals surface area (Å²) >= 11 is 6.03. The van der Waals surface area contributed by atoms with Crippen LogP contribution >= 0.6 is 11.6 Å². The smallest absolute Gasteiger partial charge is 0.255 e. The van der Waals surface area contributed by atoms with Crippen molar-refractivity contribution in [3.8, 4) is 0 Å². The molecule has 1 saturated heterocycles. The van der Waals surface area contributed by atoms with Gasteiger partial charge in [0, 0.05) is 42.5 Å². The number of carbonyl (C=O) groups is 2. The van der Waals surface area contributed by atoms with Gasteiger partial charge in [0.25, 0.3) is 5.91 Å². The summed E-state index contributed by atoms with van der Waals surface area (Å²) in [7, 11) is -3.53. The lowest BCUT2D eigenvalue weighted by Crippen LogP contribution is -2.37. The zero-order valence-corrected chi connectivity index (χ0v) is 22.9.